The summed E-state index contributed by atoms with van der Waals surface area (Å²) >= 11 is 0. The van der Waals surface area contributed by atoms with Crippen LogP contribution in [0.5, 0.6) is 0 Å². The average Bonchev–Trinajstić information content (AvgIpc) is 2.66. The second kappa shape index (κ2) is 13.7. The van der Waals surface area contributed by atoms with E-state index in [0.717, 1.165) is 50.8 Å². The minimum atomic E-state index is -0.733. The largest absolute Gasteiger partial charge is 0.357 e. The Bertz CT molecular complexity index is 498. The number of hydrogen-bond donors (Lipinski definition) is 3. The van der Waals surface area contributed by atoms with E-state index in [0.29, 0.717) is 12.0 Å². The van der Waals surface area contributed by atoms with Crippen molar-refractivity contribution >= 4 is 46.6 Å². The highest BCUT2D eigenvalue weighted by Gasteiger charge is 2.26. The van der Waals surface area contributed by atoms with Gasteiger partial charge in [-0.1, -0.05) is 32.6 Å². The molecule has 3 N–H and O–H groups in total. The summed E-state index contributed by atoms with van der Waals surface area (Å²) in [5.74, 6) is 1.43. The van der Waals surface area contributed by atoms with E-state index in [-0.39, 0.29) is 47.7 Å². The van der Waals surface area contributed by atoms with Crippen molar-refractivity contribution in [2.75, 3.05) is 18.8 Å². The van der Waals surface area contributed by atoms with Crippen LogP contribution in [-0.4, -0.2) is 52.3 Å². The van der Waals surface area contributed by atoms with E-state index >= 15 is 0 Å². The third-order valence-electron chi connectivity index (χ3n) is 5.32. The molecule has 0 spiro atoms. The van der Waals surface area contributed by atoms with Gasteiger partial charge in [0.15, 0.2) is 5.96 Å². The van der Waals surface area contributed by atoms with E-state index in [9.17, 15) is 9.00 Å². The van der Waals surface area contributed by atoms with Crippen LogP contribution in [-0.2, 0) is 15.6 Å². The van der Waals surface area contributed by atoms with Crippen molar-refractivity contribution in [3.05, 3.63) is 0 Å². The lowest BCUT2D eigenvalue weighted by atomic mass is 9.95. The zero-order valence-corrected chi connectivity index (χ0v) is 19.9. The van der Waals surface area contributed by atoms with Crippen molar-refractivity contribution in [2.45, 2.75) is 89.0 Å². The first kappa shape index (κ1) is 24.7. The third kappa shape index (κ3) is 9.11. The molecule has 0 aliphatic heterocycles. The predicted molar refractivity (Wildman–Crippen MR) is 124 cm³/mol. The van der Waals surface area contributed by atoms with Crippen molar-refractivity contribution in [1.82, 2.24) is 16.0 Å². The second-order valence-corrected chi connectivity index (χ2v) is 9.40. The first-order chi connectivity index (χ1) is 12.6. The number of nitrogens with one attached hydrogen (secondary N) is 3. The van der Waals surface area contributed by atoms with Crippen LogP contribution in [0.15, 0.2) is 4.99 Å². The Morgan fingerprint density at radius 3 is 2.37 bits per heavy atom. The molecule has 27 heavy (non-hydrogen) atoms. The molecular weight excluding hydrogens is 475 g/mol. The molecule has 0 aromatic heterocycles. The zero-order valence-electron chi connectivity index (χ0n) is 16.8. The summed E-state index contributed by atoms with van der Waals surface area (Å²) in [6, 6.07) is 0.605. The van der Waals surface area contributed by atoms with Crippen LogP contribution in [0.3, 0.4) is 0 Å². The Balaban J connectivity index is 0.00000364. The van der Waals surface area contributed by atoms with Gasteiger partial charge in [0, 0.05) is 40.4 Å². The standard InChI is InChI=1S/C19H36N4O2S.HI/c1-3-20-19(21-14-18(24)22-15-9-6-5-7-10-15)23-16-11-8-12-17(13-16)26(25)4-2;/h15-17H,3-14H2,1-2H3,(H,22,24)(H2,20,21,23);1H. The average molecular weight is 513 g/mol. The maximum atomic E-state index is 12.2. The lowest BCUT2D eigenvalue weighted by Crippen LogP contribution is -2.47. The molecule has 0 radical (unpaired) electrons. The molecular formula is C19H37IN4O2S. The number of amides is 1. The van der Waals surface area contributed by atoms with E-state index in [1.165, 1.54) is 19.3 Å². The van der Waals surface area contributed by atoms with Gasteiger partial charge in [0.05, 0.1) is 0 Å². The number of halogens is 1. The van der Waals surface area contributed by atoms with Crippen LogP contribution in [0.25, 0.3) is 0 Å². The SMILES string of the molecule is CCNC(=NCC(=O)NC1CCCCC1)NC1CCCC(S(=O)CC)C1.I. The third-order valence-corrected chi connectivity index (χ3v) is 7.06. The van der Waals surface area contributed by atoms with Crippen molar-refractivity contribution in [1.29, 1.82) is 0 Å². The van der Waals surface area contributed by atoms with Gasteiger partial charge in [0.25, 0.3) is 0 Å². The van der Waals surface area contributed by atoms with Crippen LogP contribution in [0, 0.1) is 0 Å². The molecule has 0 bridgehead atoms. The Kier molecular flexibility index (Phi) is 12.5. The molecule has 2 saturated carbocycles. The Morgan fingerprint density at radius 2 is 1.70 bits per heavy atom. The topological polar surface area (TPSA) is 82.6 Å². The van der Waals surface area contributed by atoms with Gasteiger partial charge in [-0.25, -0.2) is 4.99 Å². The molecule has 158 valence electrons. The molecule has 2 aliphatic rings. The highest BCUT2D eigenvalue weighted by Crippen LogP contribution is 2.23. The maximum absolute atomic E-state index is 12.2. The van der Waals surface area contributed by atoms with E-state index in [1.54, 1.807) is 0 Å². The first-order valence-corrected chi connectivity index (χ1v) is 11.7. The fourth-order valence-corrected chi connectivity index (χ4v) is 5.28. The quantitative estimate of drug-likeness (QED) is 0.278. The predicted octanol–water partition coefficient (Wildman–Crippen LogP) is 2.69. The highest BCUT2D eigenvalue weighted by molar-refractivity contribution is 14.0. The summed E-state index contributed by atoms with van der Waals surface area (Å²) in [6.45, 7) is 4.93. The highest BCUT2D eigenvalue weighted by atomic mass is 127. The summed E-state index contributed by atoms with van der Waals surface area (Å²) in [6.07, 6.45) is 10.0. The molecule has 2 aliphatic carbocycles. The van der Waals surface area contributed by atoms with Gasteiger partial charge in [-0.15, -0.1) is 24.0 Å². The van der Waals surface area contributed by atoms with E-state index < -0.39 is 10.8 Å². The van der Waals surface area contributed by atoms with E-state index in [4.69, 9.17) is 0 Å². The summed E-state index contributed by atoms with van der Waals surface area (Å²) < 4.78 is 12.1. The van der Waals surface area contributed by atoms with Crippen LogP contribution in [0.1, 0.15) is 71.6 Å². The number of guanidine groups is 1. The Hall–Kier alpha value is -0.380. The minimum Gasteiger partial charge on any atom is -0.357 e. The fourth-order valence-electron chi connectivity index (χ4n) is 3.94. The summed E-state index contributed by atoms with van der Waals surface area (Å²) in [4.78, 5) is 16.6. The molecule has 3 unspecified atom stereocenters. The zero-order chi connectivity index (χ0) is 18.8. The molecule has 1 amide bonds. The van der Waals surface area contributed by atoms with Crippen molar-refractivity contribution in [3.8, 4) is 0 Å². The van der Waals surface area contributed by atoms with Crippen molar-refractivity contribution in [2.24, 2.45) is 4.99 Å². The molecule has 8 heteroatoms. The van der Waals surface area contributed by atoms with Gasteiger partial charge in [0.1, 0.15) is 6.54 Å². The smallest absolute Gasteiger partial charge is 0.242 e. The lowest BCUT2D eigenvalue weighted by Gasteiger charge is -2.30. The Morgan fingerprint density at radius 1 is 1.00 bits per heavy atom. The van der Waals surface area contributed by atoms with Crippen LogP contribution >= 0.6 is 24.0 Å². The second-order valence-electron chi connectivity index (χ2n) is 7.40. The van der Waals surface area contributed by atoms with Gasteiger partial charge >= 0.3 is 0 Å². The van der Waals surface area contributed by atoms with Crippen molar-refractivity contribution < 1.29 is 9.00 Å². The summed E-state index contributed by atoms with van der Waals surface area (Å²) in [5, 5.41) is 10.1. The molecule has 0 saturated heterocycles. The number of carbonyl (C=O) groups is 1. The van der Waals surface area contributed by atoms with Crippen LogP contribution in [0.4, 0.5) is 0 Å². The van der Waals surface area contributed by atoms with Gasteiger partial charge in [0.2, 0.25) is 5.91 Å². The molecule has 0 aromatic rings. The van der Waals surface area contributed by atoms with Crippen LogP contribution < -0.4 is 16.0 Å². The lowest BCUT2D eigenvalue weighted by molar-refractivity contribution is -0.120. The van der Waals surface area contributed by atoms with E-state index in [2.05, 4.69) is 20.9 Å². The van der Waals surface area contributed by atoms with Gasteiger partial charge in [-0.05, 0) is 39.0 Å². The molecule has 2 rings (SSSR count). The Labute approximate surface area is 184 Å². The number of carbonyl (C=O) groups excluding carboxylic acids is 1. The summed E-state index contributed by atoms with van der Waals surface area (Å²) in [7, 11) is -0.733. The number of nitrogens with zero attached hydrogens (tertiary/aromatic N) is 1. The molecule has 0 heterocycles. The number of rotatable bonds is 7. The van der Waals surface area contributed by atoms with Crippen molar-refractivity contribution in [3.63, 3.8) is 0 Å². The first-order valence-electron chi connectivity index (χ1n) is 10.3. The van der Waals surface area contributed by atoms with Crippen LogP contribution in [0.2, 0.25) is 0 Å². The molecule has 0 aromatic carbocycles. The monoisotopic (exact) mass is 512 g/mol. The summed E-state index contributed by atoms with van der Waals surface area (Å²) in [5.41, 5.74) is 0. The van der Waals surface area contributed by atoms with Gasteiger partial charge in [-0.3, -0.25) is 9.00 Å². The molecule has 3 atom stereocenters. The number of aliphatic imine (C=N–C) groups is 1. The fraction of sp³-hybridized carbons (Fsp3) is 0.895. The van der Waals surface area contributed by atoms with Gasteiger partial charge in [-0.2, -0.15) is 0 Å². The number of hydrogen-bond acceptors (Lipinski definition) is 3. The normalized spacial score (nSPS) is 25.2. The van der Waals surface area contributed by atoms with Gasteiger partial charge < -0.3 is 16.0 Å². The molecule has 2 fully saturated rings. The van der Waals surface area contributed by atoms with E-state index in [1.807, 2.05) is 13.8 Å². The maximum Gasteiger partial charge on any atom is 0.242 e. The molecule has 6 nitrogen and oxygen atoms in total. The minimum absolute atomic E-state index is 0.